The smallest absolute Gasteiger partial charge is 0.166 e. The van der Waals surface area contributed by atoms with E-state index in [1.165, 1.54) is 0 Å². The Balaban J connectivity index is 1.77. The zero-order valence-electron chi connectivity index (χ0n) is 19.8. The van der Waals surface area contributed by atoms with E-state index >= 15 is 0 Å². The molecule has 1 aliphatic rings. The number of hydrogen-bond acceptors (Lipinski definition) is 6. The summed E-state index contributed by atoms with van der Waals surface area (Å²) in [6, 6.07) is 20.6. The first-order valence-corrected chi connectivity index (χ1v) is 12.0. The molecule has 0 fully saturated rings. The number of nitrogens with zero attached hydrogens (tertiary/aromatic N) is 2. The Labute approximate surface area is 201 Å². The number of hydrogen-bond donors (Lipinski definition) is 2. The standard InChI is InChI=1S/C28H33N3O3/c1-3-4-16-24(32)22(18-20-13-10-17-34-20)27(33)26-28(29)31(2)23-15-9-8-14-21(23)25(30-26)19-11-6-5-7-12-19/h5-15,17,22,24,26,28,32H,3-4,16,18,29H2,1-2H3/t22?,24?,26-,28?/m1/s1. The van der Waals surface area contributed by atoms with Crippen molar-refractivity contribution in [1.29, 1.82) is 0 Å². The Bertz CT molecular complexity index is 1110. The van der Waals surface area contributed by atoms with E-state index in [0.29, 0.717) is 18.6 Å². The molecule has 0 radical (unpaired) electrons. The van der Waals surface area contributed by atoms with Crippen molar-refractivity contribution >= 4 is 17.2 Å². The number of likely N-dealkylation sites (N-methyl/N-ethyl adjacent to an activating group) is 1. The molecule has 3 aromatic rings. The Morgan fingerprint density at radius 2 is 1.85 bits per heavy atom. The lowest BCUT2D eigenvalue weighted by Crippen LogP contribution is -2.53. The highest BCUT2D eigenvalue weighted by atomic mass is 16.3. The van der Waals surface area contributed by atoms with E-state index in [-0.39, 0.29) is 5.78 Å². The summed E-state index contributed by atoms with van der Waals surface area (Å²) in [5, 5.41) is 11.1. The Morgan fingerprint density at radius 1 is 1.12 bits per heavy atom. The fourth-order valence-electron chi connectivity index (χ4n) is 4.60. The lowest BCUT2D eigenvalue weighted by molar-refractivity contribution is -0.128. The van der Waals surface area contributed by atoms with Crippen LogP contribution in [0.1, 0.15) is 43.1 Å². The van der Waals surface area contributed by atoms with Crippen LogP contribution in [0.4, 0.5) is 5.69 Å². The number of anilines is 1. The summed E-state index contributed by atoms with van der Waals surface area (Å²) in [4.78, 5) is 21.0. The fraction of sp³-hybridized carbons (Fsp3) is 0.357. The normalized spacial score (nSPS) is 19.6. The van der Waals surface area contributed by atoms with Crippen LogP contribution >= 0.6 is 0 Å². The summed E-state index contributed by atoms with van der Waals surface area (Å²) in [7, 11) is 1.89. The van der Waals surface area contributed by atoms with Crippen LogP contribution in [-0.2, 0) is 11.2 Å². The zero-order valence-corrected chi connectivity index (χ0v) is 19.8. The van der Waals surface area contributed by atoms with Crippen molar-refractivity contribution in [2.45, 2.75) is 50.9 Å². The number of fused-ring (bicyclic) bond motifs is 1. The first-order chi connectivity index (χ1) is 16.5. The van der Waals surface area contributed by atoms with Crippen molar-refractivity contribution in [3.8, 4) is 0 Å². The molecule has 3 N–H and O–H groups in total. The highest BCUT2D eigenvalue weighted by molar-refractivity contribution is 6.17. The van der Waals surface area contributed by atoms with Crippen LogP contribution in [0.25, 0.3) is 0 Å². The molecule has 2 aromatic carbocycles. The first kappa shape index (κ1) is 23.9. The molecule has 0 bridgehead atoms. The molecule has 0 saturated carbocycles. The van der Waals surface area contributed by atoms with Crippen LogP contribution in [-0.4, -0.2) is 42.0 Å². The number of Topliss-reactive ketones (excluding diaryl/α,β-unsaturated/α-hetero) is 1. The summed E-state index contributed by atoms with van der Waals surface area (Å²) < 4.78 is 5.53. The number of rotatable bonds is 9. The number of benzene rings is 2. The van der Waals surface area contributed by atoms with Gasteiger partial charge in [-0.15, -0.1) is 0 Å². The lowest BCUT2D eigenvalue weighted by Gasteiger charge is -2.32. The molecular weight excluding hydrogens is 426 g/mol. The largest absolute Gasteiger partial charge is 0.469 e. The number of carbonyl (C=O) groups excluding carboxylic acids is 1. The van der Waals surface area contributed by atoms with Gasteiger partial charge in [0.25, 0.3) is 0 Å². The van der Waals surface area contributed by atoms with Crippen molar-refractivity contribution in [1.82, 2.24) is 0 Å². The van der Waals surface area contributed by atoms with E-state index in [1.54, 1.807) is 12.3 Å². The van der Waals surface area contributed by atoms with Crippen molar-refractivity contribution in [2.75, 3.05) is 11.9 Å². The maximum absolute atomic E-state index is 14.1. The number of aliphatic hydroxyl groups is 1. The van der Waals surface area contributed by atoms with Gasteiger partial charge >= 0.3 is 0 Å². The van der Waals surface area contributed by atoms with Crippen molar-refractivity contribution in [3.63, 3.8) is 0 Å². The minimum absolute atomic E-state index is 0.166. The van der Waals surface area contributed by atoms with Gasteiger partial charge in [0.2, 0.25) is 0 Å². The molecule has 1 aliphatic heterocycles. The summed E-state index contributed by atoms with van der Waals surface area (Å²) >= 11 is 0. The van der Waals surface area contributed by atoms with Crippen LogP contribution in [0, 0.1) is 5.92 Å². The summed E-state index contributed by atoms with van der Waals surface area (Å²) in [6.45, 7) is 2.07. The molecule has 2 heterocycles. The van der Waals surface area contributed by atoms with Gasteiger partial charge in [0, 0.05) is 30.3 Å². The molecule has 6 heteroatoms. The third kappa shape index (κ3) is 4.98. The molecule has 3 unspecified atom stereocenters. The molecule has 0 amide bonds. The molecule has 0 aliphatic carbocycles. The van der Waals surface area contributed by atoms with Crippen LogP contribution in [0.15, 0.2) is 82.4 Å². The highest BCUT2D eigenvalue weighted by Crippen LogP contribution is 2.31. The summed E-state index contributed by atoms with van der Waals surface area (Å²) in [5.41, 5.74) is 10.2. The van der Waals surface area contributed by atoms with Crippen molar-refractivity contribution in [2.24, 2.45) is 16.6 Å². The van der Waals surface area contributed by atoms with Gasteiger partial charge in [0.1, 0.15) is 18.0 Å². The van der Waals surface area contributed by atoms with E-state index in [4.69, 9.17) is 15.1 Å². The molecule has 34 heavy (non-hydrogen) atoms. The molecular formula is C28H33N3O3. The van der Waals surface area contributed by atoms with Crippen molar-refractivity contribution in [3.05, 3.63) is 89.9 Å². The molecule has 1 aromatic heterocycles. The molecule has 4 atom stereocenters. The van der Waals surface area contributed by atoms with Gasteiger partial charge in [-0.3, -0.25) is 9.79 Å². The Kier molecular flexibility index (Phi) is 7.60. The lowest BCUT2D eigenvalue weighted by atomic mass is 9.85. The van der Waals surface area contributed by atoms with Crippen LogP contribution in [0.5, 0.6) is 0 Å². The van der Waals surface area contributed by atoms with Gasteiger partial charge in [-0.1, -0.05) is 68.3 Å². The van der Waals surface area contributed by atoms with E-state index in [1.807, 2.05) is 72.6 Å². The molecule has 0 spiro atoms. The third-order valence-corrected chi connectivity index (χ3v) is 6.60. The number of benzodiazepines with no additional fused rings is 1. The average molecular weight is 460 g/mol. The van der Waals surface area contributed by atoms with Gasteiger partial charge in [0.05, 0.1) is 24.0 Å². The summed E-state index contributed by atoms with van der Waals surface area (Å²) in [6.07, 6.45) is 2.75. The minimum Gasteiger partial charge on any atom is -0.469 e. The van der Waals surface area contributed by atoms with E-state index in [2.05, 4.69) is 6.92 Å². The fourth-order valence-corrected chi connectivity index (χ4v) is 4.60. The second-order valence-electron chi connectivity index (χ2n) is 8.91. The van der Waals surface area contributed by atoms with E-state index in [0.717, 1.165) is 35.4 Å². The monoisotopic (exact) mass is 459 g/mol. The second-order valence-corrected chi connectivity index (χ2v) is 8.91. The molecule has 0 saturated heterocycles. The zero-order chi connectivity index (χ0) is 24.1. The maximum atomic E-state index is 14.1. The number of carbonyl (C=O) groups is 1. The Hall–Kier alpha value is -3.22. The Morgan fingerprint density at radius 3 is 2.56 bits per heavy atom. The first-order valence-electron chi connectivity index (χ1n) is 12.0. The third-order valence-electron chi connectivity index (χ3n) is 6.60. The maximum Gasteiger partial charge on any atom is 0.166 e. The molecule has 178 valence electrons. The number of aliphatic hydroxyl groups excluding tert-OH is 1. The summed E-state index contributed by atoms with van der Waals surface area (Å²) in [5.74, 6) is -0.162. The number of furan rings is 1. The van der Waals surface area contributed by atoms with E-state index < -0.39 is 24.2 Å². The predicted octanol–water partition coefficient (Wildman–Crippen LogP) is 4.20. The quantitative estimate of drug-likeness (QED) is 0.500. The van der Waals surface area contributed by atoms with Crippen LogP contribution in [0.2, 0.25) is 0 Å². The molecule has 6 nitrogen and oxygen atoms in total. The van der Waals surface area contributed by atoms with Gasteiger partial charge in [-0.25, -0.2) is 0 Å². The number of aliphatic imine (C=N–C) groups is 1. The number of unbranched alkanes of at least 4 members (excludes halogenated alkanes) is 1. The number of para-hydroxylation sites is 1. The van der Waals surface area contributed by atoms with Gasteiger partial charge in [-0.05, 0) is 24.6 Å². The predicted molar refractivity (Wildman–Crippen MR) is 135 cm³/mol. The SMILES string of the molecule is CCCCC(O)C(Cc1ccco1)C(=O)[C@H]1N=C(c2ccccc2)c2ccccc2N(C)C1N. The second kappa shape index (κ2) is 10.8. The van der Waals surface area contributed by atoms with E-state index in [9.17, 15) is 9.90 Å². The highest BCUT2D eigenvalue weighted by Gasteiger charge is 2.39. The topological polar surface area (TPSA) is 92.1 Å². The molecule has 4 rings (SSSR count). The van der Waals surface area contributed by atoms with Gasteiger partial charge in [-0.2, -0.15) is 0 Å². The van der Waals surface area contributed by atoms with Gasteiger partial charge in [0.15, 0.2) is 5.78 Å². The van der Waals surface area contributed by atoms with Crippen molar-refractivity contribution < 1.29 is 14.3 Å². The van der Waals surface area contributed by atoms with Crippen LogP contribution < -0.4 is 10.6 Å². The average Bonchev–Trinajstić information content (AvgIpc) is 3.36. The van der Waals surface area contributed by atoms with Gasteiger partial charge < -0.3 is 20.2 Å². The number of nitrogens with two attached hydrogens (primary N) is 1. The van der Waals surface area contributed by atoms with Crippen LogP contribution in [0.3, 0.4) is 0 Å². The minimum atomic E-state index is -0.844. The number of ketones is 1.